The van der Waals surface area contributed by atoms with E-state index in [4.69, 9.17) is 4.74 Å². The number of ether oxygens (including phenoxy) is 1. The average Bonchev–Trinajstić information content (AvgIpc) is 3.19. The maximum Gasteiger partial charge on any atom is 0.241 e. The van der Waals surface area contributed by atoms with E-state index in [9.17, 15) is 4.79 Å². The number of hydrogen-bond acceptors (Lipinski definition) is 7. The molecule has 1 amide bonds. The van der Waals surface area contributed by atoms with Crippen LogP contribution in [-0.4, -0.2) is 80.8 Å². The molecule has 9 heteroatoms. The molecule has 1 N–H and O–H groups in total. The maximum absolute atomic E-state index is 12.6. The molecule has 1 fully saturated rings. The molecule has 0 spiro atoms. The van der Waals surface area contributed by atoms with Gasteiger partial charge in [-0.1, -0.05) is 24.3 Å². The van der Waals surface area contributed by atoms with Gasteiger partial charge in [-0.2, -0.15) is 0 Å². The van der Waals surface area contributed by atoms with E-state index in [0.29, 0.717) is 13.1 Å². The fourth-order valence-electron chi connectivity index (χ4n) is 4.14. The monoisotopic (exact) mass is 413 g/mol. The highest BCUT2D eigenvalue weighted by atomic mass is 16.5. The summed E-state index contributed by atoms with van der Waals surface area (Å²) in [5.41, 5.74) is 2.64. The number of rotatable bonds is 7. The fraction of sp³-hybridized carbons (Fsp3) is 0.619. The Balaban J connectivity index is 1.30. The van der Waals surface area contributed by atoms with Crippen molar-refractivity contribution in [1.29, 1.82) is 0 Å². The summed E-state index contributed by atoms with van der Waals surface area (Å²) in [6, 6.07) is 8.54. The zero-order chi connectivity index (χ0) is 21.0. The van der Waals surface area contributed by atoms with Gasteiger partial charge in [-0.05, 0) is 41.8 Å². The summed E-state index contributed by atoms with van der Waals surface area (Å²) in [6.07, 6.45) is 1.02. The first-order valence-electron chi connectivity index (χ1n) is 10.6. The lowest BCUT2D eigenvalue weighted by Gasteiger charge is -2.40. The fourth-order valence-corrected chi connectivity index (χ4v) is 4.14. The molecule has 2 aliphatic heterocycles. The minimum Gasteiger partial charge on any atom is -0.379 e. The number of benzene rings is 1. The van der Waals surface area contributed by atoms with Gasteiger partial charge in [-0.25, -0.2) is 4.68 Å². The van der Waals surface area contributed by atoms with E-state index in [2.05, 4.69) is 68.8 Å². The van der Waals surface area contributed by atoms with Crippen molar-refractivity contribution in [2.24, 2.45) is 0 Å². The number of aromatic nitrogens is 4. The maximum atomic E-state index is 12.6. The summed E-state index contributed by atoms with van der Waals surface area (Å²) in [7, 11) is 0. The number of fused-ring (bicyclic) bond motifs is 1. The molecule has 0 atom stereocenters. The van der Waals surface area contributed by atoms with E-state index in [1.807, 2.05) is 0 Å². The predicted molar refractivity (Wildman–Crippen MR) is 112 cm³/mol. The van der Waals surface area contributed by atoms with E-state index < -0.39 is 0 Å². The zero-order valence-corrected chi connectivity index (χ0v) is 17.9. The molecule has 30 heavy (non-hydrogen) atoms. The molecular formula is C21H31N7O2. The minimum atomic E-state index is -0.121. The van der Waals surface area contributed by atoms with Gasteiger partial charge < -0.3 is 10.1 Å². The number of morpholine rings is 1. The number of tetrazole rings is 1. The Hall–Kier alpha value is -2.36. The Bertz CT molecular complexity index is 861. The lowest BCUT2D eigenvalue weighted by Crippen LogP contribution is -2.55. The Morgan fingerprint density at radius 3 is 2.73 bits per heavy atom. The average molecular weight is 414 g/mol. The molecule has 1 aromatic carbocycles. The molecule has 0 unspecified atom stereocenters. The van der Waals surface area contributed by atoms with E-state index in [-0.39, 0.29) is 18.0 Å². The number of nitrogens with one attached hydrogen (secondary N) is 1. The van der Waals surface area contributed by atoms with Gasteiger partial charge in [0.25, 0.3) is 0 Å². The van der Waals surface area contributed by atoms with E-state index in [1.165, 1.54) is 11.1 Å². The molecule has 3 heterocycles. The van der Waals surface area contributed by atoms with Crippen LogP contribution in [0.25, 0.3) is 0 Å². The van der Waals surface area contributed by atoms with Gasteiger partial charge in [0, 0.05) is 38.3 Å². The Labute approximate surface area is 177 Å². The first kappa shape index (κ1) is 20.9. The standard InChI is InChI=1S/C21H31N7O2/c1-21(2,27-9-11-30-12-10-27)16-22-20(29)15-28-19(23-24-25-28)14-26-8-7-17-5-3-4-6-18(17)13-26/h3-6H,7-16H2,1-2H3,(H,22,29). The first-order chi connectivity index (χ1) is 14.5. The van der Waals surface area contributed by atoms with Crippen molar-refractivity contribution in [3.8, 4) is 0 Å². The van der Waals surface area contributed by atoms with Crippen LogP contribution in [0.2, 0.25) is 0 Å². The van der Waals surface area contributed by atoms with Gasteiger partial charge in [0.1, 0.15) is 6.54 Å². The van der Waals surface area contributed by atoms with Crippen molar-refractivity contribution in [2.75, 3.05) is 39.4 Å². The molecule has 0 bridgehead atoms. The lowest BCUT2D eigenvalue weighted by atomic mass is 10.00. The van der Waals surface area contributed by atoms with Crippen molar-refractivity contribution in [3.63, 3.8) is 0 Å². The number of nitrogens with zero attached hydrogens (tertiary/aromatic N) is 6. The Morgan fingerprint density at radius 1 is 1.17 bits per heavy atom. The van der Waals surface area contributed by atoms with Crippen LogP contribution >= 0.6 is 0 Å². The van der Waals surface area contributed by atoms with E-state index in [1.54, 1.807) is 4.68 Å². The number of hydrogen-bond donors (Lipinski definition) is 1. The summed E-state index contributed by atoms with van der Waals surface area (Å²) in [5.74, 6) is 0.644. The number of amides is 1. The highest BCUT2D eigenvalue weighted by molar-refractivity contribution is 5.75. The van der Waals surface area contributed by atoms with Crippen LogP contribution in [-0.2, 0) is 35.6 Å². The SMILES string of the molecule is CC(C)(CNC(=O)Cn1nnnc1CN1CCc2ccccc2C1)N1CCOCC1. The van der Waals surface area contributed by atoms with Crippen LogP contribution in [0, 0.1) is 0 Å². The van der Waals surface area contributed by atoms with Gasteiger partial charge in [0.2, 0.25) is 5.91 Å². The molecule has 1 saturated heterocycles. The van der Waals surface area contributed by atoms with Crippen molar-refractivity contribution in [1.82, 2.24) is 35.3 Å². The summed E-state index contributed by atoms with van der Waals surface area (Å²) in [4.78, 5) is 17.2. The third-order valence-corrected chi connectivity index (χ3v) is 6.06. The van der Waals surface area contributed by atoms with Crippen molar-refractivity contribution >= 4 is 5.91 Å². The molecule has 0 radical (unpaired) electrons. The van der Waals surface area contributed by atoms with Crippen LogP contribution in [0.4, 0.5) is 0 Å². The lowest BCUT2D eigenvalue weighted by molar-refractivity contribution is -0.122. The van der Waals surface area contributed by atoms with Crippen LogP contribution in [0.15, 0.2) is 24.3 Å². The third kappa shape index (κ3) is 5.03. The first-order valence-corrected chi connectivity index (χ1v) is 10.6. The van der Waals surface area contributed by atoms with Gasteiger partial charge >= 0.3 is 0 Å². The van der Waals surface area contributed by atoms with E-state index >= 15 is 0 Å². The molecule has 4 rings (SSSR count). The van der Waals surface area contributed by atoms with Crippen LogP contribution < -0.4 is 5.32 Å². The molecule has 1 aromatic heterocycles. The largest absolute Gasteiger partial charge is 0.379 e. The highest BCUT2D eigenvalue weighted by Gasteiger charge is 2.28. The summed E-state index contributed by atoms with van der Waals surface area (Å²) < 4.78 is 7.04. The molecule has 162 valence electrons. The second-order valence-electron chi connectivity index (χ2n) is 8.67. The Morgan fingerprint density at radius 2 is 1.93 bits per heavy atom. The van der Waals surface area contributed by atoms with Crippen LogP contribution in [0.3, 0.4) is 0 Å². The van der Waals surface area contributed by atoms with Crippen LogP contribution in [0.5, 0.6) is 0 Å². The van der Waals surface area contributed by atoms with Gasteiger partial charge in [-0.3, -0.25) is 14.6 Å². The Kier molecular flexibility index (Phi) is 6.40. The molecule has 0 saturated carbocycles. The van der Waals surface area contributed by atoms with Crippen LogP contribution in [0.1, 0.15) is 30.8 Å². The molecule has 9 nitrogen and oxygen atoms in total. The van der Waals surface area contributed by atoms with Gasteiger partial charge in [0.15, 0.2) is 5.82 Å². The van der Waals surface area contributed by atoms with Crippen molar-refractivity contribution in [3.05, 3.63) is 41.2 Å². The third-order valence-electron chi connectivity index (χ3n) is 6.06. The van der Waals surface area contributed by atoms with Crippen molar-refractivity contribution in [2.45, 2.75) is 45.4 Å². The van der Waals surface area contributed by atoms with E-state index in [0.717, 1.165) is 51.6 Å². The topological polar surface area (TPSA) is 88.4 Å². The summed E-state index contributed by atoms with van der Waals surface area (Å²) >= 11 is 0. The summed E-state index contributed by atoms with van der Waals surface area (Å²) in [6.45, 7) is 10.7. The quantitative estimate of drug-likeness (QED) is 0.705. The normalized spacial score (nSPS) is 18.2. The second kappa shape index (κ2) is 9.20. The number of carbonyl (C=O) groups excluding carboxylic acids is 1. The van der Waals surface area contributed by atoms with Gasteiger partial charge in [0.05, 0.1) is 19.8 Å². The molecular weight excluding hydrogens is 382 g/mol. The molecule has 2 aliphatic rings. The van der Waals surface area contributed by atoms with Crippen molar-refractivity contribution < 1.29 is 9.53 Å². The number of carbonyl (C=O) groups is 1. The molecule has 2 aromatic rings. The zero-order valence-electron chi connectivity index (χ0n) is 17.9. The molecule has 0 aliphatic carbocycles. The smallest absolute Gasteiger partial charge is 0.241 e. The highest BCUT2D eigenvalue weighted by Crippen LogP contribution is 2.19. The minimum absolute atomic E-state index is 0.0751. The second-order valence-corrected chi connectivity index (χ2v) is 8.67. The van der Waals surface area contributed by atoms with Gasteiger partial charge in [-0.15, -0.1) is 5.10 Å². The summed E-state index contributed by atoms with van der Waals surface area (Å²) in [5, 5.41) is 15.1. The predicted octanol–water partition coefficient (Wildman–Crippen LogP) is 0.458.